The summed E-state index contributed by atoms with van der Waals surface area (Å²) in [5.74, 6) is 0.724. The van der Waals surface area contributed by atoms with Gasteiger partial charge in [-0.2, -0.15) is 0 Å². The van der Waals surface area contributed by atoms with Gasteiger partial charge in [0.2, 0.25) is 5.88 Å². The van der Waals surface area contributed by atoms with Crippen LogP contribution in [0.3, 0.4) is 0 Å². The Morgan fingerprint density at radius 3 is 2.38 bits per heavy atom. The third-order valence-corrected chi connectivity index (χ3v) is 1.69. The SMILES string of the molecule is CC.CCc1cnc(OC)c(C)c1. The second-order valence-corrected chi connectivity index (χ2v) is 2.52. The molecule has 0 saturated carbocycles. The summed E-state index contributed by atoms with van der Waals surface area (Å²) in [4.78, 5) is 4.15. The van der Waals surface area contributed by atoms with Gasteiger partial charge in [0.05, 0.1) is 7.11 Å². The smallest absolute Gasteiger partial charge is 0.215 e. The first-order valence-electron chi connectivity index (χ1n) is 4.77. The Morgan fingerprint density at radius 1 is 1.38 bits per heavy atom. The molecule has 0 N–H and O–H groups in total. The minimum absolute atomic E-state index is 0.724. The Bertz CT molecular complexity index is 246. The second kappa shape index (κ2) is 6.46. The number of aryl methyl sites for hydroxylation is 2. The highest BCUT2D eigenvalue weighted by atomic mass is 16.5. The van der Waals surface area contributed by atoms with Gasteiger partial charge in [-0.25, -0.2) is 4.98 Å². The molecule has 1 rings (SSSR count). The highest BCUT2D eigenvalue weighted by molar-refractivity contribution is 5.28. The maximum atomic E-state index is 5.03. The van der Waals surface area contributed by atoms with Gasteiger partial charge in [-0.15, -0.1) is 0 Å². The van der Waals surface area contributed by atoms with Gasteiger partial charge >= 0.3 is 0 Å². The van der Waals surface area contributed by atoms with Gasteiger partial charge in [-0.05, 0) is 25.0 Å². The van der Waals surface area contributed by atoms with E-state index in [1.54, 1.807) is 7.11 Å². The predicted octanol–water partition coefficient (Wildman–Crippen LogP) is 2.99. The topological polar surface area (TPSA) is 22.1 Å². The normalized spacial score (nSPS) is 8.69. The van der Waals surface area contributed by atoms with Gasteiger partial charge in [-0.1, -0.05) is 20.8 Å². The van der Waals surface area contributed by atoms with Gasteiger partial charge in [0.25, 0.3) is 0 Å². The summed E-state index contributed by atoms with van der Waals surface area (Å²) in [5, 5.41) is 0. The third kappa shape index (κ3) is 3.45. The molecule has 74 valence electrons. The Kier molecular flexibility index (Phi) is 5.94. The van der Waals surface area contributed by atoms with Crippen molar-refractivity contribution >= 4 is 0 Å². The molecule has 0 radical (unpaired) electrons. The van der Waals surface area contributed by atoms with Crippen LogP contribution in [0.1, 0.15) is 31.9 Å². The fourth-order valence-corrected chi connectivity index (χ4v) is 1.03. The molecule has 1 aromatic heterocycles. The van der Waals surface area contributed by atoms with Gasteiger partial charge in [-0.3, -0.25) is 0 Å². The number of rotatable bonds is 2. The van der Waals surface area contributed by atoms with Crippen LogP contribution in [-0.2, 0) is 6.42 Å². The van der Waals surface area contributed by atoms with Crippen LogP contribution in [0.4, 0.5) is 0 Å². The fourth-order valence-electron chi connectivity index (χ4n) is 1.03. The predicted molar refractivity (Wildman–Crippen MR) is 56.3 cm³/mol. The van der Waals surface area contributed by atoms with E-state index in [1.165, 1.54) is 5.56 Å². The maximum absolute atomic E-state index is 5.03. The van der Waals surface area contributed by atoms with Crippen LogP contribution in [0.25, 0.3) is 0 Å². The van der Waals surface area contributed by atoms with Crippen molar-refractivity contribution in [1.82, 2.24) is 4.98 Å². The first kappa shape index (κ1) is 11.9. The standard InChI is InChI=1S/C9H13NO.C2H6/c1-4-8-5-7(2)9(11-3)10-6-8;1-2/h5-6H,4H2,1-3H3;1-2H3. The number of hydrogen-bond acceptors (Lipinski definition) is 2. The monoisotopic (exact) mass is 181 g/mol. The largest absolute Gasteiger partial charge is 0.481 e. The first-order chi connectivity index (χ1) is 6.27. The molecule has 0 aromatic carbocycles. The highest BCUT2D eigenvalue weighted by Gasteiger charge is 1.98. The molecule has 0 amide bonds. The van der Waals surface area contributed by atoms with Crippen LogP contribution < -0.4 is 4.74 Å². The molecule has 0 atom stereocenters. The van der Waals surface area contributed by atoms with Gasteiger partial charge < -0.3 is 4.74 Å². The molecule has 0 aliphatic heterocycles. The minimum Gasteiger partial charge on any atom is -0.481 e. The summed E-state index contributed by atoms with van der Waals surface area (Å²) < 4.78 is 5.03. The van der Waals surface area contributed by atoms with E-state index < -0.39 is 0 Å². The van der Waals surface area contributed by atoms with Crippen LogP contribution in [0.5, 0.6) is 5.88 Å². The molecule has 13 heavy (non-hydrogen) atoms. The molecule has 0 aliphatic carbocycles. The molecular weight excluding hydrogens is 162 g/mol. The molecule has 2 nitrogen and oxygen atoms in total. The summed E-state index contributed by atoms with van der Waals surface area (Å²) in [6.45, 7) is 8.12. The molecule has 1 aromatic rings. The zero-order valence-electron chi connectivity index (χ0n) is 9.22. The Labute approximate surface area is 81.0 Å². The molecule has 1 heterocycles. The second-order valence-electron chi connectivity index (χ2n) is 2.52. The number of pyridine rings is 1. The van der Waals surface area contributed by atoms with Crippen molar-refractivity contribution in [2.45, 2.75) is 34.1 Å². The Morgan fingerprint density at radius 2 is 2.00 bits per heavy atom. The van der Waals surface area contributed by atoms with Crippen LogP contribution in [0.2, 0.25) is 0 Å². The average Bonchev–Trinajstić information content (AvgIpc) is 2.20. The van der Waals surface area contributed by atoms with Crippen molar-refractivity contribution < 1.29 is 4.74 Å². The quantitative estimate of drug-likeness (QED) is 0.699. The van der Waals surface area contributed by atoms with Crippen molar-refractivity contribution in [3.8, 4) is 5.88 Å². The number of hydrogen-bond donors (Lipinski definition) is 0. The highest BCUT2D eigenvalue weighted by Crippen LogP contribution is 2.14. The zero-order chi connectivity index (χ0) is 10.3. The van der Waals surface area contributed by atoms with Gasteiger partial charge in [0.15, 0.2) is 0 Å². The lowest BCUT2D eigenvalue weighted by atomic mass is 10.2. The van der Waals surface area contributed by atoms with E-state index in [1.807, 2.05) is 27.0 Å². The molecular formula is C11H19NO. The number of nitrogens with zero attached hydrogens (tertiary/aromatic N) is 1. The summed E-state index contributed by atoms with van der Waals surface area (Å²) >= 11 is 0. The Balaban J connectivity index is 0.000000671. The van der Waals surface area contributed by atoms with Crippen molar-refractivity contribution in [3.05, 3.63) is 23.4 Å². The summed E-state index contributed by atoms with van der Waals surface area (Å²) in [6, 6.07) is 2.10. The number of methoxy groups -OCH3 is 1. The van der Waals surface area contributed by atoms with E-state index in [0.29, 0.717) is 0 Å². The molecule has 2 heteroatoms. The van der Waals surface area contributed by atoms with Crippen LogP contribution in [-0.4, -0.2) is 12.1 Å². The first-order valence-corrected chi connectivity index (χ1v) is 4.77. The summed E-state index contributed by atoms with van der Waals surface area (Å²) in [7, 11) is 1.64. The van der Waals surface area contributed by atoms with E-state index in [-0.39, 0.29) is 0 Å². The van der Waals surface area contributed by atoms with Crippen LogP contribution >= 0.6 is 0 Å². The lowest BCUT2D eigenvalue weighted by Crippen LogP contribution is -1.92. The van der Waals surface area contributed by atoms with Crippen molar-refractivity contribution in [2.75, 3.05) is 7.11 Å². The van der Waals surface area contributed by atoms with E-state index >= 15 is 0 Å². The molecule has 0 saturated heterocycles. The molecule has 0 unspecified atom stereocenters. The third-order valence-electron chi connectivity index (χ3n) is 1.69. The lowest BCUT2D eigenvalue weighted by Gasteiger charge is -2.03. The van der Waals surface area contributed by atoms with E-state index in [0.717, 1.165) is 17.9 Å². The zero-order valence-corrected chi connectivity index (χ0v) is 9.22. The van der Waals surface area contributed by atoms with E-state index in [2.05, 4.69) is 18.0 Å². The van der Waals surface area contributed by atoms with Crippen molar-refractivity contribution in [2.24, 2.45) is 0 Å². The minimum atomic E-state index is 0.724. The molecule has 0 fully saturated rings. The van der Waals surface area contributed by atoms with Gasteiger partial charge in [0.1, 0.15) is 0 Å². The maximum Gasteiger partial charge on any atom is 0.215 e. The molecule has 0 spiro atoms. The number of aromatic nitrogens is 1. The molecule has 0 bridgehead atoms. The average molecular weight is 181 g/mol. The van der Waals surface area contributed by atoms with Crippen molar-refractivity contribution in [3.63, 3.8) is 0 Å². The number of ether oxygens (including phenoxy) is 1. The summed E-state index contributed by atoms with van der Waals surface area (Å²) in [6.07, 6.45) is 2.88. The van der Waals surface area contributed by atoms with E-state index in [4.69, 9.17) is 4.74 Å². The fraction of sp³-hybridized carbons (Fsp3) is 0.545. The lowest BCUT2D eigenvalue weighted by molar-refractivity contribution is 0.394. The van der Waals surface area contributed by atoms with Gasteiger partial charge in [0, 0.05) is 11.8 Å². The summed E-state index contributed by atoms with van der Waals surface area (Å²) in [5.41, 5.74) is 2.36. The van der Waals surface area contributed by atoms with Crippen LogP contribution in [0, 0.1) is 6.92 Å². The van der Waals surface area contributed by atoms with E-state index in [9.17, 15) is 0 Å². The van der Waals surface area contributed by atoms with Crippen LogP contribution in [0.15, 0.2) is 12.3 Å². The molecule has 0 aliphatic rings. The van der Waals surface area contributed by atoms with Crippen molar-refractivity contribution in [1.29, 1.82) is 0 Å². The Hall–Kier alpha value is -1.05.